The second-order valence-electron chi connectivity index (χ2n) is 7.90. The van der Waals surface area contributed by atoms with Crippen molar-refractivity contribution in [2.24, 2.45) is 0 Å². The first-order valence-electron chi connectivity index (χ1n) is 10.2. The molecule has 0 spiro atoms. The highest BCUT2D eigenvalue weighted by Crippen LogP contribution is 2.28. The summed E-state index contributed by atoms with van der Waals surface area (Å²) in [6.07, 6.45) is 1.76. The Balaban J connectivity index is 1.47. The molecule has 0 radical (unpaired) electrons. The zero-order chi connectivity index (χ0) is 22.4. The van der Waals surface area contributed by atoms with Gasteiger partial charge in [-0.25, -0.2) is 18.7 Å². The summed E-state index contributed by atoms with van der Waals surface area (Å²) in [5.41, 5.74) is 3.30. The lowest BCUT2D eigenvalue weighted by Gasteiger charge is -2.16. The Labute approximate surface area is 183 Å². The molecule has 2 aromatic carbocycles. The average Bonchev–Trinajstić information content (AvgIpc) is 3.44. The van der Waals surface area contributed by atoms with Crippen LogP contribution in [0.1, 0.15) is 22.9 Å². The summed E-state index contributed by atoms with van der Waals surface area (Å²) in [4.78, 5) is 23.7. The monoisotopic (exact) mass is 434 g/mol. The number of amides is 1. The van der Waals surface area contributed by atoms with Crippen LogP contribution >= 0.6 is 0 Å². The maximum Gasteiger partial charge on any atom is 0.243 e. The summed E-state index contributed by atoms with van der Waals surface area (Å²) in [5.74, 6) is 1.07. The molecule has 162 valence electrons. The van der Waals surface area contributed by atoms with Gasteiger partial charge in [-0.15, -0.1) is 0 Å². The summed E-state index contributed by atoms with van der Waals surface area (Å²) < 4.78 is 34.5. The van der Waals surface area contributed by atoms with Gasteiger partial charge in [0.05, 0.1) is 18.8 Å². The Morgan fingerprint density at radius 1 is 1.03 bits per heavy atom. The number of carbonyl (C=O) groups is 1. The standard InChI is InChI=1S/C24H20F2N4O2/c1-14-9-17(5-8-19(14)26)20-10-30(24(28-20)16-3-6-18(25)7-4-16)13-23(31)29-11-21-22(12-29)32-15(2)27-21/h3-10H,11-13H2,1-2H3. The van der Waals surface area contributed by atoms with Crippen molar-refractivity contribution in [1.82, 2.24) is 19.4 Å². The lowest BCUT2D eigenvalue weighted by molar-refractivity contribution is -0.132. The third kappa shape index (κ3) is 3.68. The second kappa shape index (κ2) is 7.71. The SMILES string of the molecule is Cc1nc2c(o1)CN(C(=O)Cn1cc(-c3ccc(F)c(C)c3)nc1-c1ccc(F)cc1)C2. The van der Waals surface area contributed by atoms with Gasteiger partial charge in [-0.2, -0.15) is 0 Å². The maximum absolute atomic E-state index is 13.7. The minimum atomic E-state index is -0.356. The number of aromatic nitrogens is 3. The Morgan fingerprint density at radius 2 is 1.78 bits per heavy atom. The van der Waals surface area contributed by atoms with E-state index >= 15 is 0 Å². The van der Waals surface area contributed by atoms with E-state index < -0.39 is 0 Å². The number of fused-ring (bicyclic) bond motifs is 1. The van der Waals surface area contributed by atoms with E-state index in [0.717, 1.165) is 11.3 Å². The van der Waals surface area contributed by atoms with Crippen LogP contribution in [0.2, 0.25) is 0 Å². The largest absolute Gasteiger partial charge is 0.444 e. The van der Waals surface area contributed by atoms with Crippen molar-refractivity contribution in [2.45, 2.75) is 33.5 Å². The van der Waals surface area contributed by atoms with Crippen LogP contribution in [0.5, 0.6) is 0 Å². The van der Waals surface area contributed by atoms with Crippen LogP contribution in [-0.2, 0) is 24.4 Å². The highest BCUT2D eigenvalue weighted by molar-refractivity contribution is 5.78. The molecule has 1 aliphatic heterocycles. The number of halogens is 2. The predicted octanol–water partition coefficient (Wildman–Crippen LogP) is 4.64. The van der Waals surface area contributed by atoms with Gasteiger partial charge in [0, 0.05) is 24.2 Å². The van der Waals surface area contributed by atoms with E-state index in [1.54, 1.807) is 53.8 Å². The second-order valence-corrected chi connectivity index (χ2v) is 7.90. The quantitative estimate of drug-likeness (QED) is 0.469. The molecule has 1 amide bonds. The van der Waals surface area contributed by atoms with E-state index in [4.69, 9.17) is 4.42 Å². The van der Waals surface area contributed by atoms with E-state index in [1.807, 2.05) is 0 Å². The van der Waals surface area contributed by atoms with Crippen molar-refractivity contribution in [3.63, 3.8) is 0 Å². The molecule has 0 bridgehead atoms. The lowest BCUT2D eigenvalue weighted by Crippen LogP contribution is -2.29. The van der Waals surface area contributed by atoms with Crippen LogP contribution in [0.15, 0.2) is 53.1 Å². The van der Waals surface area contributed by atoms with Crippen LogP contribution in [-0.4, -0.2) is 25.3 Å². The molecule has 0 fully saturated rings. The third-order valence-electron chi connectivity index (χ3n) is 5.55. The fraction of sp³-hybridized carbons (Fsp3) is 0.208. The van der Waals surface area contributed by atoms with Gasteiger partial charge in [0.15, 0.2) is 5.89 Å². The number of oxazole rings is 1. The molecule has 5 rings (SSSR count). The van der Waals surface area contributed by atoms with E-state index in [2.05, 4.69) is 9.97 Å². The van der Waals surface area contributed by atoms with Crippen molar-refractivity contribution < 1.29 is 18.0 Å². The number of imidazole rings is 1. The first kappa shape index (κ1) is 20.1. The molecule has 3 heterocycles. The van der Waals surface area contributed by atoms with E-state index in [0.29, 0.717) is 47.4 Å². The van der Waals surface area contributed by atoms with E-state index in [9.17, 15) is 13.6 Å². The van der Waals surface area contributed by atoms with Gasteiger partial charge in [-0.3, -0.25) is 4.79 Å². The van der Waals surface area contributed by atoms with Crippen molar-refractivity contribution >= 4 is 5.91 Å². The molecule has 0 unspecified atom stereocenters. The number of benzene rings is 2. The molecule has 0 N–H and O–H groups in total. The van der Waals surface area contributed by atoms with Gasteiger partial charge in [-0.05, 0) is 55.0 Å². The molecule has 2 aromatic heterocycles. The first-order chi connectivity index (χ1) is 15.4. The van der Waals surface area contributed by atoms with Crippen LogP contribution in [0.3, 0.4) is 0 Å². The van der Waals surface area contributed by atoms with Gasteiger partial charge in [0.1, 0.15) is 35.5 Å². The molecule has 1 aliphatic rings. The minimum absolute atomic E-state index is 0.0448. The van der Waals surface area contributed by atoms with Gasteiger partial charge < -0.3 is 13.9 Å². The number of hydrogen-bond acceptors (Lipinski definition) is 4. The molecule has 6 nitrogen and oxygen atoms in total. The zero-order valence-electron chi connectivity index (χ0n) is 17.6. The molecule has 0 atom stereocenters. The Hall–Kier alpha value is -3.81. The number of nitrogens with zero attached hydrogens (tertiary/aromatic N) is 4. The van der Waals surface area contributed by atoms with Gasteiger partial charge >= 0.3 is 0 Å². The molecule has 4 aromatic rings. The molecular weight excluding hydrogens is 414 g/mol. The van der Waals surface area contributed by atoms with Crippen LogP contribution in [0, 0.1) is 25.5 Å². The molecule has 8 heteroatoms. The fourth-order valence-electron chi connectivity index (χ4n) is 3.90. The fourth-order valence-corrected chi connectivity index (χ4v) is 3.90. The number of aryl methyl sites for hydroxylation is 2. The van der Waals surface area contributed by atoms with Crippen molar-refractivity contribution in [1.29, 1.82) is 0 Å². The van der Waals surface area contributed by atoms with Gasteiger partial charge in [-0.1, -0.05) is 0 Å². The molecular formula is C24H20F2N4O2. The Bertz CT molecular complexity index is 1300. The summed E-state index contributed by atoms with van der Waals surface area (Å²) in [5, 5.41) is 0. The molecule has 32 heavy (non-hydrogen) atoms. The van der Waals surface area contributed by atoms with Gasteiger partial charge in [0.2, 0.25) is 5.91 Å². The molecule has 0 aliphatic carbocycles. The minimum Gasteiger partial charge on any atom is -0.444 e. The zero-order valence-corrected chi connectivity index (χ0v) is 17.6. The number of carbonyl (C=O) groups excluding carboxylic acids is 1. The molecule has 0 saturated heterocycles. The number of hydrogen-bond donors (Lipinski definition) is 0. The van der Waals surface area contributed by atoms with Crippen LogP contribution < -0.4 is 0 Å². The van der Waals surface area contributed by atoms with Crippen LogP contribution in [0.4, 0.5) is 8.78 Å². The summed E-state index contributed by atoms with van der Waals surface area (Å²) in [6.45, 7) is 4.29. The molecule has 0 saturated carbocycles. The summed E-state index contributed by atoms with van der Waals surface area (Å²) >= 11 is 0. The van der Waals surface area contributed by atoms with Crippen LogP contribution in [0.25, 0.3) is 22.6 Å². The Kier molecular flexibility index (Phi) is 4.84. The normalized spacial score (nSPS) is 12.9. The third-order valence-corrected chi connectivity index (χ3v) is 5.55. The predicted molar refractivity (Wildman–Crippen MR) is 113 cm³/mol. The van der Waals surface area contributed by atoms with Gasteiger partial charge in [0.25, 0.3) is 0 Å². The van der Waals surface area contributed by atoms with Crippen molar-refractivity contribution in [3.05, 3.63) is 83.2 Å². The average molecular weight is 434 g/mol. The highest BCUT2D eigenvalue weighted by Gasteiger charge is 2.28. The van der Waals surface area contributed by atoms with Crippen molar-refractivity contribution in [3.8, 4) is 22.6 Å². The van der Waals surface area contributed by atoms with E-state index in [1.165, 1.54) is 18.2 Å². The summed E-state index contributed by atoms with van der Waals surface area (Å²) in [6, 6.07) is 10.7. The van der Waals surface area contributed by atoms with Crippen molar-refractivity contribution in [2.75, 3.05) is 0 Å². The Morgan fingerprint density at radius 3 is 2.50 bits per heavy atom. The number of rotatable bonds is 4. The lowest BCUT2D eigenvalue weighted by atomic mass is 10.1. The smallest absolute Gasteiger partial charge is 0.243 e. The van der Waals surface area contributed by atoms with E-state index in [-0.39, 0.29) is 24.1 Å². The summed E-state index contributed by atoms with van der Waals surface area (Å²) in [7, 11) is 0. The first-order valence-corrected chi connectivity index (χ1v) is 10.2. The topological polar surface area (TPSA) is 64.2 Å². The maximum atomic E-state index is 13.7. The highest BCUT2D eigenvalue weighted by atomic mass is 19.1.